The summed E-state index contributed by atoms with van der Waals surface area (Å²) in [7, 11) is 1.15. The summed E-state index contributed by atoms with van der Waals surface area (Å²) in [5.41, 5.74) is 0.448. The molecule has 0 atom stereocenters. The molecule has 4 nitrogen and oxygen atoms in total. The van der Waals surface area contributed by atoms with Crippen molar-refractivity contribution in [2.75, 3.05) is 20.8 Å². The van der Waals surface area contributed by atoms with Gasteiger partial charge in [-0.2, -0.15) is 0 Å². The van der Waals surface area contributed by atoms with Crippen LogP contribution in [-0.2, 0) is 18.4 Å². The molecule has 0 aliphatic carbocycles. The van der Waals surface area contributed by atoms with E-state index in [1.54, 1.807) is 21.1 Å². The molecule has 5 heteroatoms. The van der Waals surface area contributed by atoms with Gasteiger partial charge in [0.1, 0.15) is 0 Å². The number of unbranched alkanes of at least 4 members (excludes halogenated alkanes) is 3. The molecule has 1 aromatic carbocycles. The molecule has 0 bridgehead atoms. The topological polar surface area (TPSA) is 44.8 Å². The Kier molecular flexibility index (Phi) is 8.84. The quantitative estimate of drug-likeness (QED) is 0.269. The molecule has 0 spiro atoms. The average Bonchev–Trinajstić information content (AvgIpc) is 2.58. The first kappa shape index (κ1) is 19.6. The Morgan fingerprint density at radius 1 is 1.04 bits per heavy atom. The zero-order valence-corrected chi connectivity index (χ0v) is 15.5. The number of carbonyl (C=O) groups excluding carboxylic acids is 1. The summed E-state index contributed by atoms with van der Waals surface area (Å²) < 4.78 is 16.7. The summed E-state index contributed by atoms with van der Waals surface area (Å²) >= 11 is 0. The molecule has 0 heterocycles. The first-order valence-electron chi connectivity index (χ1n) is 8.04. The largest absolute Gasteiger partial charge is 0.462 e. The van der Waals surface area contributed by atoms with E-state index in [-0.39, 0.29) is 5.97 Å². The van der Waals surface area contributed by atoms with E-state index in [0.29, 0.717) is 12.2 Å². The number of benzene rings is 1. The number of ether oxygens (including phenoxy) is 1. The van der Waals surface area contributed by atoms with Crippen LogP contribution in [0.1, 0.15) is 32.6 Å². The normalized spacial score (nSPS) is 11.3. The molecule has 0 aliphatic rings. The lowest BCUT2D eigenvalue weighted by Gasteiger charge is -2.27. The van der Waals surface area contributed by atoms with Crippen LogP contribution in [0, 0.1) is 0 Å². The molecule has 0 aliphatic heterocycles. The molecule has 0 unspecified atom stereocenters. The second-order valence-electron chi connectivity index (χ2n) is 5.61. The van der Waals surface area contributed by atoms with Crippen LogP contribution in [-0.4, -0.2) is 35.4 Å². The van der Waals surface area contributed by atoms with E-state index in [1.807, 2.05) is 18.2 Å². The minimum atomic E-state index is -2.32. The fourth-order valence-electron chi connectivity index (χ4n) is 2.46. The van der Waals surface area contributed by atoms with Gasteiger partial charge < -0.3 is 13.6 Å². The van der Waals surface area contributed by atoms with E-state index in [0.717, 1.165) is 31.7 Å². The molecule has 0 N–H and O–H groups in total. The van der Waals surface area contributed by atoms with E-state index >= 15 is 0 Å². The minimum Gasteiger partial charge on any atom is -0.462 e. The van der Waals surface area contributed by atoms with E-state index in [2.05, 4.69) is 18.7 Å². The van der Waals surface area contributed by atoms with Crippen molar-refractivity contribution in [3.05, 3.63) is 42.5 Å². The zero-order chi connectivity index (χ0) is 17.1. The number of hydrogen-bond donors (Lipinski definition) is 0. The van der Waals surface area contributed by atoms with Crippen LogP contribution in [0.15, 0.2) is 42.5 Å². The van der Waals surface area contributed by atoms with Gasteiger partial charge in [-0.25, -0.2) is 4.79 Å². The van der Waals surface area contributed by atoms with Crippen molar-refractivity contribution in [2.45, 2.75) is 38.7 Å². The average molecular weight is 337 g/mol. The lowest BCUT2D eigenvalue weighted by atomic mass is 10.2. The maximum absolute atomic E-state index is 11.2. The third kappa shape index (κ3) is 6.29. The number of hydrogen-bond acceptors (Lipinski definition) is 4. The van der Waals surface area contributed by atoms with Crippen molar-refractivity contribution >= 4 is 19.7 Å². The number of carbonyl (C=O) groups is 1. The summed E-state index contributed by atoms with van der Waals surface area (Å²) in [4.78, 5) is 11.2. The SMILES string of the molecule is C=C(C)C(=O)OCCCCCC[Si](OC)(OC)c1ccccc1. The summed E-state index contributed by atoms with van der Waals surface area (Å²) in [6, 6.07) is 11.1. The third-order valence-corrected chi connectivity index (χ3v) is 7.40. The van der Waals surface area contributed by atoms with Crippen molar-refractivity contribution in [3.8, 4) is 0 Å². The van der Waals surface area contributed by atoms with Crippen LogP contribution in [0.4, 0.5) is 0 Å². The highest BCUT2D eigenvalue weighted by Gasteiger charge is 2.37. The molecule has 0 fully saturated rings. The van der Waals surface area contributed by atoms with E-state index < -0.39 is 8.56 Å². The number of esters is 1. The Morgan fingerprint density at radius 3 is 2.22 bits per heavy atom. The van der Waals surface area contributed by atoms with Crippen molar-refractivity contribution in [3.63, 3.8) is 0 Å². The van der Waals surface area contributed by atoms with Crippen LogP contribution in [0.2, 0.25) is 6.04 Å². The molecular formula is C18H28O4Si. The van der Waals surface area contributed by atoms with Gasteiger partial charge in [-0.1, -0.05) is 56.2 Å². The van der Waals surface area contributed by atoms with Gasteiger partial charge in [-0.3, -0.25) is 0 Å². The lowest BCUT2D eigenvalue weighted by Crippen LogP contribution is -2.52. The Morgan fingerprint density at radius 2 is 1.65 bits per heavy atom. The Balaban J connectivity index is 2.32. The Hall–Kier alpha value is -1.43. The van der Waals surface area contributed by atoms with Gasteiger partial charge in [0.05, 0.1) is 6.61 Å². The second kappa shape index (κ2) is 10.4. The van der Waals surface area contributed by atoms with Crippen LogP contribution >= 0.6 is 0 Å². The molecule has 0 radical (unpaired) electrons. The van der Waals surface area contributed by atoms with Gasteiger partial charge in [-0.05, 0) is 24.6 Å². The first-order valence-corrected chi connectivity index (χ1v) is 10.1. The summed E-state index contributed by atoms with van der Waals surface area (Å²) in [5.74, 6) is -0.306. The highest BCUT2D eigenvalue weighted by molar-refractivity contribution is 6.81. The highest BCUT2D eigenvalue weighted by atomic mass is 28.4. The fraction of sp³-hybridized carbons (Fsp3) is 0.500. The minimum absolute atomic E-state index is 0.306. The van der Waals surface area contributed by atoms with Crippen LogP contribution in [0.3, 0.4) is 0 Å². The predicted molar refractivity (Wildman–Crippen MR) is 94.9 cm³/mol. The standard InChI is InChI=1S/C18H28O4Si/c1-16(2)18(19)22-14-10-5-6-11-15-23(20-3,21-4)17-12-8-7-9-13-17/h7-9,12-13H,1,5-6,10-11,14-15H2,2-4H3. The van der Waals surface area contributed by atoms with Crippen LogP contribution in [0.25, 0.3) is 0 Å². The van der Waals surface area contributed by atoms with Crippen molar-refractivity contribution < 1.29 is 18.4 Å². The van der Waals surface area contributed by atoms with Gasteiger partial charge in [-0.15, -0.1) is 0 Å². The van der Waals surface area contributed by atoms with Gasteiger partial charge >= 0.3 is 14.5 Å². The van der Waals surface area contributed by atoms with Crippen molar-refractivity contribution in [2.24, 2.45) is 0 Å². The van der Waals surface area contributed by atoms with Gasteiger partial charge in [0.25, 0.3) is 0 Å². The summed E-state index contributed by atoms with van der Waals surface area (Å²) in [6.07, 6.45) is 4.01. The Bertz CT molecular complexity index is 483. The van der Waals surface area contributed by atoms with Gasteiger partial charge in [0.2, 0.25) is 0 Å². The van der Waals surface area contributed by atoms with E-state index in [1.165, 1.54) is 5.19 Å². The monoisotopic (exact) mass is 336 g/mol. The molecule has 0 saturated heterocycles. The number of rotatable bonds is 11. The first-order chi connectivity index (χ1) is 11.1. The molecule has 1 rings (SSSR count). The van der Waals surface area contributed by atoms with Crippen LogP contribution < -0.4 is 5.19 Å². The molecule has 0 saturated carbocycles. The van der Waals surface area contributed by atoms with Crippen LogP contribution in [0.5, 0.6) is 0 Å². The zero-order valence-electron chi connectivity index (χ0n) is 14.5. The fourth-order valence-corrected chi connectivity index (χ4v) is 5.21. The molecule has 23 heavy (non-hydrogen) atoms. The summed E-state index contributed by atoms with van der Waals surface area (Å²) in [5, 5.41) is 1.17. The molecule has 0 amide bonds. The molecule has 128 valence electrons. The Labute approximate surface area is 140 Å². The second-order valence-corrected chi connectivity index (χ2v) is 9.01. The van der Waals surface area contributed by atoms with Crippen molar-refractivity contribution in [1.29, 1.82) is 0 Å². The van der Waals surface area contributed by atoms with Crippen molar-refractivity contribution in [1.82, 2.24) is 0 Å². The smallest absolute Gasteiger partial charge is 0.371 e. The van der Waals surface area contributed by atoms with E-state index in [4.69, 9.17) is 13.6 Å². The lowest BCUT2D eigenvalue weighted by molar-refractivity contribution is -0.139. The molecule has 0 aromatic heterocycles. The third-order valence-electron chi connectivity index (χ3n) is 3.85. The highest BCUT2D eigenvalue weighted by Crippen LogP contribution is 2.17. The predicted octanol–water partition coefficient (Wildman–Crippen LogP) is 3.31. The van der Waals surface area contributed by atoms with Gasteiger partial charge in [0, 0.05) is 19.8 Å². The summed E-state index contributed by atoms with van der Waals surface area (Å²) in [6.45, 7) is 5.68. The van der Waals surface area contributed by atoms with Gasteiger partial charge in [0.15, 0.2) is 0 Å². The van der Waals surface area contributed by atoms with E-state index in [9.17, 15) is 4.79 Å². The maximum Gasteiger partial charge on any atom is 0.371 e. The molecule has 1 aromatic rings. The molecular weight excluding hydrogens is 308 g/mol. The maximum atomic E-state index is 11.2.